The molecule has 0 amide bonds. The molecule has 2 aromatic carbocycles. The zero-order chi connectivity index (χ0) is 22.8. The summed E-state index contributed by atoms with van der Waals surface area (Å²) in [7, 11) is 0. The molecule has 3 fully saturated rings. The third-order valence-electron chi connectivity index (χ3n) is 7.21. The average molecular weight is 462 g/mol. The Kier molecular flexibility index (Phi) is 6.61. The Morgan fingerprint density at radius 3 is 2.61 bits per heavy atom. The molecule has 0 spiro atoms. The van der Waals surface area contributed by atoms with Gasteiger partial charge in [-0.3, -0.25) is 9.59 Å². The monoisotopic (exact) mass is 461 g/mol. The van der Waals surface area contributed by atoms with Gasteiger partial charge in [-0.25, -0.2) is 0 Å². The first-order valence-electron chi connectivity index (χ1n) is 12.1. The largest absolute Gasteiger partial charge is 0.461 e. The number of carbonyl (C=O) groups excluding carboxylic acids is 2. The summed E-state index contributed by atoms with van der Waals surface area (Å²) in [5.41, 5.74) is 3.15. The molecule has 0 saturated carbocycles. The summed E-state index contributed by atoms with van der Waals surface area (Å²) in [5.74, 6) is 1.33. The number of thiophene rings is 1. The molecule has 6 rings (SSSR count). The molecule has 1 atom stereocenters. The molecular weight excluding hydrogens is 430 g/mol. The lowest BCUT2D eigenvalue weighted by atomic mass is 9.76. The van der Waals surface area contributed by atoms with E-state index in [1.807, 2.05) is 31.2 Å². The minimum Gasteiger partial charge on any atom is -0.461 e. The van der Waals surface area contributed by atoms with Crippen molar-refractivity contribution in [3.05, 3.63) is 59.0 Å². The molecule has 0 radical (unpaired) electrons. The second-order valence-corrected chi connectivity index (χ2v) is 10.5. The molecule has 0 aliphatic carbocycles. The SMILES string of the molecule is CCCC(=O)OCc1ccccc1-c1cccc2cc(C(=O)C[C@H]3CN4CCC3CC4)sc12. The quantitative estimate of drug-likeness (QED) is 0.291. The lowest BCUT2D eigenvalue weighted by molar-refractivity contribution is -0.144. The Labute approximate surface area is 199 Å². The maximum Gasteiger partial charge on any atom is 0.306 e. The summed E-state index contributed by atoms with van der Waals surface area (Å²) >= 11 is 1.61. The first-order valence-corrected chi connectivity index (χ1v) is 13.0. The number of piperidine rings is 3. The fraction of sp³-hybridized carbons (Fsp3) is 0.429. The molecule has 3 aliphatic rings. The third-order valence-corrected chi connectivity index (χ3v) is 8.43. The van der Waals surface area contributed by atoms with Crippen LogP contribution in [0.1, 0.15) is 54.3 Å². The molecule has 1 aromatic heterocycles. The van der Waals surface area contributed by atoms with Crippen molar-refractivity contribution in [3.63, 3.8) is 0 Å². The van der Waals surface area contributed by atoms with E-state index in [1.54, 1.807) is 11.3 Å². The number of ketones is 1. The summed E-state index contributed by atoms with van der Waals surface area (Å²) < 4.78 is 6.63. The molecule has 3 aromatic rings. The van der Waals surface area contributed by atoms with Crippen LogP contribution in [-0.4, -0.2) is 36.3 Å². The molecule has 172 valence electrons. The van der Waals surface area contributed by atoms with Crippen molar-refractivity contribution in [1.82, 2.24) is 4.90 Å². The maximum absolute atomic E-state index is 13.2. The van der Waals surface area contributed by atoms with Crippen molar-refractivity contribution in [2.75, 3.05) is 19.6 Å². The summed E-state index contributed by atoms with van der Waals surface area (Å²) in [6, 6.07) is 16.4. The minimum absolute atomic E-state index is 0.165. The fourth-order valence-electron chi connectivity index (χ4n) is 5.41. The predicted molar refractivity (Wildman–Crippen MR) is 134 cm³/mol. The number of carbonyl (C=O) groups is 2. The molecule has 4 heterocycles. The first kappa shape index (κ1) is 22.3. The molecule has 3 saturated heterocycles. The van der Waals surface area contributed by atoms with Crippen molar-refractivity contribution in [2.45, 2.75) is 45.6 Å². The number of ether oxygens (including phenoxy) is 1. The van der Waals surface area contributed by atoms with Gasteiger partial charge >= 0.3 is 5.97 Å². The van der Waals surface area contributed by atoms with Gasteiger partial charge in [0.05, 0.1) is 4.88 Å². The van der Waals surface area contributed by atoms with Crippen LogP contribution < -0.4 is 0 Å². The van der Waals surface area contributed by atoms with Gasteiger partial charge in [-0.05, 0) is 72.3 Å². The summed E-state index contributed by atoms with van der Waals surface area (Å²) in [4.78, 5) is 28.5. The molecule has 5 heteroatoms. The Bertz CT molecular complexity index is 1160. The summed E-state index contributed by atoms with van der Waals surface area (Å²) in [6.07, 6.45) is 4.37. The highest BCUT2D eigenvalue weighted by Crippen LogP contribution is 2.39. The van der Waals surface area contributed by atoms with Crippen LogP contribution in [0.25, 0.3) is 21.2 Å². The van der Waals surface area contributed by atoms with Gasteiger partial charge in [0.2, 0.25) is 0 Å². The van der Waals surface area contributed by atoms with Crippen molar-refractivity contribution < 1.29 is 14.3 Å². The van der Waals surface area contributed by atoms with E-state index in [0.29, 0.717) is 24.7 Å². The molecule has 0 unspecified atom stereocenters. The van der Waals surface area contributed by atoms with Crippen LogP contribution in [0.4, 0.5) is 0 Å². The standard InChI is InChI=1S/C28H31NO3S/c1-2-6-27(31)32-18-21-7-3-4-9-23(21)24-10-5-8-20-16-26(33-28(20)24)25(30)15-22-17-29-13-11-19(22)12-14-29/h3-5,7-10,16,19,22H,2,6,11-15,17-18H2,1H3/t22-/m0/s1. The van der Waals surface area contributed by atoms with Gasteiger partial charge in [0.1, 0.15) is 6.61 Å². The van der Waals surface area contributed by atoms with Crippen LogP contribution >= 0.6 is 11.3 Å². The number of hydrogen-bond donors (Lipinski definition) is 0. The zero-order valence-electron chi connectivity index (χ0n) is 19.2. The average Bonchev–Trinajstić information content (AvgIpc) is 3.29. The van der Waals surface area contributed by atoms with Crippen molar-refractivity contribution in [3.8, 4) is 11.1 Å². The predicted octanol–water partition coefficient (Wildman–Crippen LogP) is 6.33. The smallest absolute Gasteiger partial charge is 0.306 e. The molecule has 3 aliphatic heterocycles. The van der Waals surface area contributed by atoms with Crippen LogP contribution in [0.5, 0.6) is 0 Å². The van der Waals surface area contributed by atoms with E-state index < -0.39 is 0 Å². The highest BCUT2D eigenvalue weighted by atomic mass is 32.1. The minimum atomic E-state index is -0.165. The summed E-state index contributed by atoms with van der Waals surface area (Å²) in [6.45, 7) is 5.73. The lowest BCUT2D eigenvalue weighted by Gasteiger charge is -2.44. The Morgan fingerprint density at radius 2 is 1.85 bits per heavy atom. The molecule has 4 nitrogen and oxygen atoms in total. The number of hydrogen-bond acceptors (Lipinski definition) is 5. The van der Waals surface area contributed by atoms with Crippen LogP contribution in [0.2, 0.25) is 0 Å². The van der Waals surface area contributed by atoms with E-state index in [0.717, 1.165) is 44.6 Å². The second-order valence-electron chi connectivity index (χ2n) is 9.43. The molecule has 2 bridgehead atoms. The number of rotatable bonds is 8. The van der Waals surface area contributed by atoms with Gasteiger partial charge in [0, 0.05) is 24.1 Å². The fourth-order valence-corrected chi connectivity index (χ4v) is 6.55. The van der Waals surface area contributed by atoms with Gasteiger partial charge in [-0.15, -0.1) is 11.3 Å². The van der Waals surface area contributed by atoms with Crippen LogP contribution in [-0.2, 0) is 16.1 Å². The van der Waals surface area contributed by atoms with E-state index >= 15 is 0 Å². The van der Waals surface area contributed by atoms with E-state index in [-0.39, 0.29) is 18.4 Å². The maximum atomic E-state index is 13.2. The second kappa shape index (κ2) is 9.78. The Morgan fingerprint density at radius 1 is 1.06 bits per heavy atom. The van der Waals surface area contributed by atoms with Crippen LogP contribution in [0.3, 0.4) is 0 Å². The highest BCUT2D eigenvalue weighted by Gasteiger charge is 2.35. The number of fused-ring (bicyclic) bond motifs is 4. The lowest BCUT2D eigenvalue weighted by Crippen LogP contribution is -2.47. The van der Waals surface area contributed by atoms with E-state index in [9.17, 15) is 9.59 Å². The highest BCUT2D eigenvalue weighted by molar-refractivity contribution is 7.21. The van der Waals surface area contributed by atoms with E-state index in [4.69, 9.17) is 4.74 Å². The molecule has 0 N–H and O–H groups in total. The van der Waals surface area contributed by atoms with Crippen LogP contribution in [0.15, 0.2) is 48.5 Å². The third kappa shape index (κ3) is 4.75. The van der Waals surface area contributed by atoms with Gasteiger partial charge < -0.3 is 9.64 Å². The molecular formula is C28H31NO3S. The van der Waals surface area contributed by atoms with Crippen molar-refractivity contribution in [2.24, 2.45) is 11.8 Å². The zero-order valence-corrected chi connectivity index (χ0v) is 20.0. The van der Waals surface area contributed by atoms with Gasteiger partial charge in [-0.1, -0.05) is 49.4 Å². The van der Waals surface area contributed by atoms with Gasteiger partial charge in [-0.2, -0.15) is 0 Å². The van der Waals surface area contributed by atoms with Crippen LogP contribution in [0, 0.1) is 11.8 Å². The Hall–Kier alpha value is -2.50. The number of benzene rings is 2. The van der Waals surface area contributed by atoms with Gasteiger partial charge in [0.15, 0.2) is 5.78 Å². The number of esters is 1. The molecule has 33 heavy (non-hydrogen) atoms. The normalized spacial score (nSPS) is 21.9. The van der Waals surface area contributed by atoms with E-state index in [2.05, 4.69) is 29.2 Å². The summed E-state index contributed by atoms with van der Waals surface area (Å²) in [5, 5.41) is 1.10. The number of Topliss-reactive ketones (excluding diaryl/α,β-unsaturated/α-hetero) is 1. The van der Waals surface area contributed by atoms with E-state index in [1.165, 1.54) is 25.9 Å². The number of nitrogens with zero attached hydrogens (tertiary/aromatic N) is 1. The first-order chi connectivity index (χ1) is 16.1. The topological polar surface area (TPSA) is 46.6 Å². The Balaban J connectivity index is 1.40. The van der Waals surface area contributed by atoms with Crippen molar-refractivity contribution in [1.29, 1.82) is 0 Å². The van der Waals surface area contributed by atoms with Crippen molar-refractivity contribution >= 4 is 33.2 Å². The van der Waals surface area contributed by atoms with Gasteiger partial charge in [0.25, 0.3) is 0 Å².